The topological polar surface area (TPSA) is 55.5 Å². The Morgan fingerprint density at radius 2 is 1.85 bits per heavy atom. The molecule has 6 nitrogen and oxygen atoms in total. The highest BCUT2D eigenvalue weighted by atomic mass is 19.1. The summed E-state index contributed by atoms with van der Waals surface area (Å²) < 4.78 is 22.4. The number of nitrogens with zero attached hydrogens (tertiary/aromatic N) is 5. The lowest BCUT2D eigenvalue weighted by molar-refractivity contribution is 0.201. The minimum atomic E-state index is -0.252. The lowest BCUT2D eigenvalue weighted by atomic mass is 9.91. The van der Waals surface area contributed by atoms with E-state index < -0.39 is 0 Å². The number of hydrogen-bond acceptors (Lipinski definition) is 5. The molecule has 168 valence electrons. The monoisotopic (exact) mass is 451 g/mol. The third-order valence-electron chi connectivity index (χ3n) is 7.13. The molecule has 2 fully saturated rings. The number of aromatic nitrogens is 4. The maximum atomic E-state index is 14.9. The summed E-state index contributed by atoms with van der Waals surface area (Å²) >= 11 is 0. The Kier molecular flexibility index (Phi) is 4.23. The molecular weight excluding hydrogens is 429 g/mol. The second-order valence-electron chi connectivity index (χ2n) is 9.12. The number of rotatable bonds is 4. The molecule has 0 radical (unpaired) electrons. The first-order valence-electron chi connectivity index (χ1n) is 11.5. The zero-order chi connectivity index (χ0) is 22.7. The van der Waals surface area contributed by atoms with Crippen LogP contribution in [-0.4, -0.2) is 39.2 Å². The van der Waals surface area contributed by atoms with Crippen LogP contribution in [-0.2, 0) is 10.2 Å². The van der Waals surface area contributed by atoms with Gasteiger partial charge in [-0.2, -0.15) is 0 Å². The van der Waals surface area contributed by atoms with E-state index in [0.29, 0.717) is 31.3 Å². The lowest BCUT2D eigenvalue weighted by Gasteiger charge is -2.18. The largest absolute Gasteiger partial charge is 0.359 e. The Morgan fingerprint density at radius 3 is 2.68 bits per heavy atom. The fourth-order valence-corrected chi connectivity index (χ4v) is 5.11. The molecule has 0 unspecified atom stereocenters. The molecule has 1 aliphatic heterocycles. The van der Waals surface area contributed by atoms with E-state index in [2.05, 4.69) is 43.6 Å². The third kappa shape index (κ3) is 3.00. The number of fused-ring (bicyclic) bond motifs is 2. The molecule has 1 saturated carbocycles. The van der Waals surface area contributed by atoms with E-state index in [1.807, 2.05) is 41.7 Å². The summed E-state index contributed by atoms with van der Waals surface area (Å²) in [6.07, 6.45) is 9.65. The van der Waals surface area contributed by atoms with Gasteiger partial charge in [0.25, 0.3) is 0 Å². The van der Waals surface area contributed by atoms with Gasteiger partial charge in [0.15, 0.2) is 0 Å². The minimum absolute atomic E-state index is 0.0887. The predicted molar refractivity (Wildman–Crippen MR) is 128 cm³/mol. The van der Waals surface area contributed by atoms with Crippen molar-refractivity contribution in [3.05, 3.63) is 90.4 Å². The van der Waals surface area contributed by atoms with Gasteiger partial charge in [0.2, 0.25) is 5.78 Å². The number of benzene rings is 2. The number of anilines is 1. The highest BCUT2D eigenvalue weighted by Crippen LogP contribution is 2.53. The summed E-state index contributed by atoms with van der Waals surface area (Å²) in [5.41, 5.74) is 5.51. The molecule has 1 saturated heterocycles. The van der Waals surface area contributed by atoms with Crippen LogP contribution in [0.25, 0.3) is 27.8 Å². The molecule has 0 bridgehead atoms. The van der Waals surface area contributed by atoms with Crippen molar-refractivity contribution < 1.29 is 9.13 Å². The Hall–Kier alpha value is -3.84. The van der Waals surface area contributed by atoms with Gasteiger partial charge in [-0.3, -0.25) is 9.38 Å². The molecule has 3 aromatic heterocycles. The molecule has 4 heterocycles. The van der Waals surface area contributed by atoms with Crippen molar-refractivity contribution in [2.24, 2.45) is 0 Å². The Bertz CT molecular complexity index is 1550. The average molecular weight is 452 g/mol. The Labute approximate surface area is 195 Å². The number of pyridine rings is 1. The van der Waals surface area contributed by atoms with Crippen molar-refractivity contribution in [2.45, 2.75) is 18.3 Å². The van der Waals surface area contributed by atoms with E-state index in [4.69, 9.17) is 4.74 Å². The van der Waals surface area contributed by atoms with Crippen LogP contribution in [0.5, 0.6) is 0 Å². The summed E-state index contributed by atoms with van der Waals surface area (Å²) in [6.45, 7) is 1.75. The maximum absolute atomic E-state index is 14.9. The molecule has 7 rings (SSSR count). The van der Waals surface area contributed by atoms with E-state index in [0.717, 1.165) is 40.6 Å². The summed E-state index contributed by atoms with van der Waals surface area (Å²) in [5.74, 6) is 0.399. The molecule has 1 aliphatic carbocycles. The van der Waals surface area contributed by atoms with E-state index in [-0.39, 0.29) is 11.2 Å². The number of halogens is 1. The first-order chi connectivity index (χ1) is 16.7. The van der Waals surface area contributed by atoms with Crippen LogP contribution < -0.4 is 4.90 Å². The molecule has 2 aliphatic rings. The number of ether oxygens (including phenoxy) is 1. The highest BCUT2D eigenvalue weighted by molar-refractivity contribution is 5.79. The van der Waals surface area contributed by atoms with Crippen LogP contribution in [0.15, 0.2) is 73.3 Å². The van der Waals surface area contributed by atoms with Gasteiger partial charge in [0.1, 0.15) is 12.5 Å². The molecule has 0 amide bonds. The smallest absolute Gasteiger partial charge is 0.233 e. The molecule has 5 aromatic rings. The predicted octanol–water partition coefficient (Wildman–Crippen LogP) is 4.96. The second kappa shape index (κ2) is 7.33. The van der Waals surface area contributed by atoms with Crippen LogP contribution in [0.2, 0.25) is 0 Å². The van der Waals surface area contributed by atoms with Crippen molar-refractivity contribution in [1.29, 1.82) is 0 Å². The lowest BCUT2D eigenvalue weighted by Crippen LogP contribution is -2.19. The first-order valence-corrected chi connectivity index (χ1v) is 11.5. The fraction of sp³-hybridized carbons (Fsp3) is 0.222. The first kappa shape index (κ1) is 19.6. The second-order valence-corrected chi connectivity index (χ2v) is 9.12. The van der Waals surface area contributed by atoms with Crippen LogP contribution in [0.1, 0.15) is 24.1 Å². The van der Waals surface area contributed by atoms with Crippen molar-refractivity contribution in [3.8, 4) is 11.1 Å². The fourth-order valence-electron chi connectivity index (χ4n) is 5.11. The van der Waals surface area contributed by atoms with E-state index in [9.17, 15) is 4.39 Å². The van der Waals surface area contributed by atoms with Crippen LogP contribution in [0.4, 0.5) is 10.1 Å². The standard InChI is InChI=1S/C27H22FN5O/c28-22-13-18(3-6-24(22)32-10-11-34-17-32)20-14-30-26-31-15-25(33(26)16-20)27(7-8-27)21-4-5-23-19(12-21)2-1-9-29-23/h1-6,9,12-16H,7-8,10-11,17H2. The summed E-state index contributed by atoms with van der Waals surface area (Å²) in [6, 6.07) is 15.9. The van der Waals surface area contributed by atoms with Crippen LogP contribution in [0.3, 0.4) is 0 Å². The van der Waals surface area contributed by atoms with Gasteiger partial charge in [0.05, 0.1) is 29.7 Å². The van der Waals surface area contributed by atoms with Gasteiger partial charge in [-0.1, -0.05) is 18.2 Å². The van der Waals surface area contributed by atoms with Gasteiger partial charge in [-0.25, -0.2) is 14.4 Å². The van der Waals surface area contributed by atoms with E-state index in [1.165, 1.54) is 5.56 Å². The van der Waals surface area contributed by atoms with Crippen LogP contribution >= 0.6 is 0 Å². The van der Waals surface area contributed by atoms with E-state index >= 15 is 0 Å². The van der Waals surface area contributed by atoms with Crippen molar-refractivity contribution in [3.63, 3.8) is 0 Å². The Balaban J connectivity index is 1.29. The van der Waals surface area contributed by atoms with Gasteiger partial charge in [-0.15, -0.1) is 0 Å². The normalized spacial score (nSPS) is 17.0. The minimum Gasteiger partial charge on any atom is -0.359 e. The molecule has 0 N–H and O–H groups in total. The van der Waals surface area contributed by atoms with Gasteiger partial charge < -0.3 is 9.64 Å². The number of imidazole rings is 1. The van der Waals surface area contributed by atoms with Crippen molar-refractivity contribution >= 4 is 22.4 Å². The van der Waals surface area contributed by atoms with Crippen molar-refractivity contribution in [2.75, 3.05) is 24.8 Å². The zero-order valence-corrected chi connectivity index (χ0v) is 18.5. The summed E-state index contributed by atoms with van der Waals surface area (Å²) in [4.78, 5) is 15.5. The molecular formula is C27H22FN5O. The molecule has 0 spiro atoms. The molecule has 2 aromatic carbocycles. The summed E-state index contributed by atoms with van der Waals surface area (Å²) in [7, 11) is 0. The van der Waals surface area contributed by atoms with E-state index in [1.54, 1.807) is 12.3 Å². The Morgan fingerprint density at radius 1 is 0.941 bits per heavy atom. The van der Waals surface area contributed by atoms with Gasteiger partial charge >= 0.3 is 0 Å². The SMILES string of the molecule is Fc1cc(-c2cnc3ncc(C4(c5ccc6ncccc6c5)CC4)n3c2)ccc1N1CCOC1. The number of hydrogen-bond donors (Lipinski definition) is 0. The average Bonchev–Trinajstić information content (AvgIpc) is 3.28. The van der Waals surface area contributed by atoms with Gasteiger partial charge in [-0.05, 0) is 54.3 Å². The summed E-state index contributed by atoms with van der Waals surface area (Å²) in [5, 5.41) is 1.14. The van der Waals surface area contributed by atoms with Crippen molar-refractivity contribution in [1.82, 2.24) is 19.4 Å². The molecule has 0 atom stereocenters. The highest BCUT2D eigenvalue weighted by Gasteiger charge is 2.48. The third-order valence-corrected chi connectivity index (χ3v) is 7.13. The zero-order valence-electron chi connectivity index (χ0n) is 18.5. The molecule has 7 heteroatoms. The maximum Gasteiger partial charge on any atom is 0.233 e. The quantitative estimate of drug-likeness (QED) is 0.387. The molecule has 34 heavy (non-hydrogen) atoms. The van der Waals surface area contributed by atoms with Gasteiger partial charge in [0, 0.05) is 41.5 Å². The van der Waals surface area contributed by atoms with Crippen LogP contribution in [0, 0.1) is 5.82 Å².